The SMILES string of the molecule is Cc1cc(C(=N)N)cc(N(C)Cc2ccccc2C)n1. The van der Waals surface area contributed by atoms with Crippen molar-refractivity contribution < 1.29 is 0 Å². The molecule has 0 unspecified atom stereocenters. The Balaban J connectivity index is 2.27. The first-order chi connectivity index (χ1) is 9.47. The molecule has 0 spiro atoms. The van der Waals surface area contributed by atoms with E-state index in [4.69, 9.17) is 11.1 Å². The molecule has 0 atom stereocenters. The Morgan fingerprint density at radius 2 is 1.95 bits per heavy atom. The zero-order valence-electron chi connectivity index (χ0n) is 12.1. The van der Waals surface area contributed by atoms with Crippen LogP contribution in [-0.2, 0) is 6.54 Å². The van der Waals surface area contributed by atoms with Crippen LogP contribution >= 0.6 is 0 Å². The molecule has 1 heterocycles. The van der Waals surface area contributed by atoms with Gasteiger partial charge in [-0.2, -0.15) is 0 Å². The van der Waals surface area contributed by atoms with Gasteiger partial charge in [-0.3, -0.25) is 5.41 Å². The van der Waals surface area contributed by atoms with Gasteiger partial charge in [-0.1, -0.05) is 24.3 Å². The topological polar surface area (TPSA) is 66.0 Å². The van der Waals surface area contributed by atoms with Gasteiger partial charge in [0, 0.05) is 24.8 Å². The molecule has 0 aliphatic rings. The van der Waals surface area contributed by atoms with Crippen molar-refractivity contribution in [1.29, 1.82) is 5.41 Å². The van der Waals surface area contributed by atoms with E-state index in [0.29, 0.717) is 5.56 Å². The van der Waals surface area contributed by atoms with E-state index in [9.17, 15) is 0 Å². The summed E-state index contributed by atoms with van der Waals surface area (Å²) >= 11 is 0. The summed E-state index contributed by atoms with van der Waals surface area (Å²) in [6.45, 7) is 4.80. The molecule has 20 heavy (non-hydrogen) atoms. The molecular formula is C16H20N4. The van der Waals surface area contributed by atoms with Crippen molar-refractivity contribution in [3.63, 3.8) is 0 Å². The van der Waals surface area contributed by atoms with Gasteiger partial charge in [0.05, 0.1) is 0 Å². The number of amidine groups is 1. The second kappa shape index (κ2) is 5.74. The lowest BCUT2D eigenvalue weighted by atomic mass is 10.1. The number of benzene rings is 1. The van der Waals surface area contributed by atoms with Crippen molar-refractivity contribution in [2.75, 3.05) is 11.9 Å². The molecule has 4 heteroatoms. The number of nitrogen functional groups attached to an aromatic ring is 1. The van der Waals surface area contributed by atoms with Crippen LogP contribution in [0.1, 0.15) is 22.4 Å². The van der Waals surface area contributed by atoms with E-state index >= 15 is 0 Å². The summed E-state index contributed by atoms with van der Waals surface area (Å²) in [7, 11) is 2.00. The molecule has 0 saturated carbocycles. The van der Waals surface area contributed by atoms with Crippen molar-refractivity contribution in [2.24, 2.45) is 5.73 Å². The highest BCUT2D eigenvalue weighted by molar-refractivity contribution is 5.95. The Bertz CT molecular complexity index is 634. The predicted molar refractivity (Wildman–Crippen MR) is 83.3 cm³/mol. The summed E-state index contributed by atoms with van der Waals surface area (Å²) in [5.41, 5.74) is 9.67. The molecule has 1 aromatic carbocycles. The average Bonchev–Trinajstić information content (AvgIpc) is 2.40. The monoisotopic (exact) mass is 268 g/mol. The Morgan fingerprint density at radius 3 is 2.60 bits per heavy atom. The van der Waals surface area contributed by atoms with Gasteiger partial charge in [-0.25, -0.2) is 4.98 Å². The van der Waals surface area contributed by atoms with E-state index < -0.39 is 0 Å². The van der Waals surface area contributed by atoms with Crippen LogP contribution in [0.5, 0.6) is 0 Å². The van der Waals surface area contributed by atoms with E-state index in [0.717, 1.165) is 18.1 Å². The molecule has 1 aromatic heterocycles. The highest BCUT2D eigenvalue weighted by Crippen LogP contribution is 2.17. The molecule has 2 rings (SSSR count). The van der Waals surface area contributed by atoms with Gasteiger partial charge < -0.3 is 10.6 Å². The third kappa shape index (κ3) is 3.15. The van der Waals surface area contributed by atoms with Gasteiger partial charge in [-0.15, -0.1) is 0 Å². The zero-order valence-corrected chi connectivity index (χ0v) is 12.1. The lowest BCUT2D eigenvalue weighted by molar-refractivity contribution is 0.885. The fourth-order valence-electron chi connectivity index (χ4n) is 2.13. The van der Waals surface area contributed by atoms with E-state index in [2.05, 4.69) is 28.9 Å². The van der Waals surface area contributed by atoms with Crippen LogP contribution in [0.2, 0.25) is 0 Å². The summed E-state index contributed by atoms with van der Waals surface area (Å²) in [5, 5.41) is 7.56. The zero-order chi connectivity index (χ0) is 14.7. The number of hydrogen-bond acceptors (Lipinski definition) is 3. The molecular weight excluding hydrogens is 248 g/mol. The first-order valence-corrected chi connectivity index (χ1v) is 6.56. The quantitative estimate of drug-likeness (QED) is 0.661. The Labute approximate surface area is 119 Å². The molecule has 0 radical (unpaired) electrons. The van der Waals surface area contributed by atoms with Crippen LogP contribution in [0.3, 0.4) is 0 Å². The summed E-state index contributed by atoms with van der Waals surface area (Å²) in [6.07, 6.45) is 0. The lowest BCUT2D eigenvalue weighted by Crippen LogP contribution is -2.20. The molecule has 104 valence electrons. The van der Waals surface area contributed by atoms with Crippen LogP contribution in [0.4, 0.5) is 5.82 Å². The first-order valence-electron chi connectivity index (χ1n) is 6.56. The van der Waals surface area contributed by atoms with Gasteiger partial charge in [0.1, 0.15) is 11.7 Å². The van der Waals surface area contributed by atoms with Crippen molar-refractivity contribution in [1.82, 2.24) is 4.98 Å². The van der Waals surface area contributed by atoms with Crippen molar-refractivity contribution in [2.45, 2.75) is 20.4 Å². The van der Waals surface area contributed by atoms with Crippen LogP contribution in [0.15, 0.2) is 36.4 Å². The molecule has 3 N–H and O–H groups in total. The smallest absolute Gasteiger partial charge is 0.129 e. The van der Waals surface area contributed by atoms with Crippen LogP contribution < -0.4 is 10.6 Å². The second-order valence-corrected chi connectivity index (χ2v) is 5.05. The molecule has 2 aromatic rings. The molecule has 0 fully saturated rings. The molecule has 0 aliphatic heterocycles. The minimum Gasteiger partial charge on any atom is -0.384 e. The highest BCUT2D eigenvalue weighted by atomic mass is 15.2. The van der Waals surface area contributed by atoms with Gasteiger partial charge in [-0.05, 0) is 37.1 Å². The Morgan fingerprint density at radius 1 is 1.25 bits per heavy atom. The number of aryl methyl sites for hydroxylation is 2. The van der Waals surface area contributed by atoms with Crippen molar-refractivity contribution in [3.05, 3.63) is 58.8 Å². The number of aromatic nitrogens is 1. The van der Waals surface area contributed by atoms with E-state index in [-0.39, 0.29) is 5.84 Å². The normalized spacial score (nSPS) is 10.3. The van der Waals surface area contributed by atoms with Gasteiger partial charge in [0.2, 0.25) is 0 Å². The average molecular weight is 268 g/mol. The lowest BCUT2D eigenvalue weighted by Gasteiger charge is -2.20. The van der Waals surface area contributed by atoms with Gasteiger partial charge in [0.15, 0.2) is 0 Å². The number of nitrogens with two attached hydrogens (primary N) is 1. The standard InChI is InChI=1S/C16H20N4/c1-11-6-4-5-7-13(11)10-20(3)15-9-14(16(17)18)8-12(2)19-15/h4-9H,10H2,1-3H3,(H3,17,18). The Hall–Kier alpha value is -2.36. The largest absolute Gasteiger partial charge is 0.384 e. The third-order valence-electron chi connectivity index (χ3n) is 3.31. The number of rotatable bonds is 4. The number of anilines is 1. The highest BCUT2D eigenvalue weighted by Gasteiger charge is 2.08. The van der Waals surface area contributed by atoms with Crippen LogP contribution in [0, 0.1) is 19.3 Å². The number of nitrogens with one attached hydrogen (secondary N) is 1. The predicted octanol–water partition coefficient (Wildman–Crippen LogP) is 2.62. The fraction of sp³-hybridized carbons (Fsp3) is 0.250. The molecule has 4 nitrogen and oxygen atoms in total. The first kappa shape index (κ1) is 14.1. The van der Waals surface area contributed by atoms with E-state index in [1.807, 2.05) is 38.2 Å². The molecule has 0 saturated heterocycles. The van der Waals surface area contributed by atoms with Crippen LogP contribution in [0.25, 0.3) is 0 Å². The maximum Gasteiger partial charge on any atom is 0.129 e. The van der Waals surface area contributed by atoms with Crippen molar-refractivity contribution >= 4 is 11.7 Å². The second-order valence-electron chi connectivity index (χ2n) is 5.05. The van der Waals surface area contributed by atoms with E-state index in [1.54, 1.807) is 0 Å². The molecule has 0 aliphatic carbocycles. The molecule has 0 bridgehead atoms. The summed E-state index contributed by atoms with van der Waals surface area (Å²) < 4.78 is 0. The van der Waals surface area contributed by atoms with Gasteiger partial charge in [0.25, 0.3) is 0 Å². The van der Waals surface area contributed by atoms with Gasteiger partial charge >= 0.3 is 0 Å². The minimum atomic E-state index is 0.0704. The van der Waals surface area contributed by atoms with Crippen molar-refractivity contribution in [3.8, 4) is 0 Å². The van der Waals surface area contributed by atoms with Crippen LogP contribution in [-0.4, -0.2) is 17.9 Å². The maximum atomic E-state index is 7.56. The third-order valence-corrected chi connectivity index (χ3v) is 3.31. The minimum absolute atomic E-state index is 0.0704. The fourth-order valence-corrected chi connectivity index (χ4v) is 2.13. The maximum absolute atomic E-state index is 7.56. The summed E-state index contributed by atoms with van der Waals surface area (Å²) in [6, 6.07) is 12.0. The number of hydrogen-bond donors (Lipinski definition) is 2. The number of nitrogens with zero attached hydrogens (tertiary/aromatic N) is 2. The molecule has 0 amide bonds. The number of pyridine rings is 1. The van der Waals surface area contributed by atoms with E-state index in [1.165, 1.54) is 11.1 Å². The summed E-state index contributed by atoms with van der Waals surface area (Å²) in [4.78, 5) is 6.59. The Kier molecular flexibility index (Phi) is 4.03. The summed E-state index contributed by atoms with van der Waals surface area (Å²) in [5.74, 6) is 0.902.